The van der Waals surface area contributed by atoms with Gasteiger partial charge in [0.25, 0.3) is 6.29 Å². The van der Waals surface area contributed by atoms with Gasteiger partial charge in [-0.1, -0.05) is 91.0 Å². The van der Waals surface area contributed by atoms with E-state index in [-0.39, 0.29) is 49.3 Å². The van der Waals surface area contributed by atoms with Crippen LogP contribution in [0.5, 0.6) is 17.2 Å². The molecule has 15 nitrogen and oxygen atoms in total. The number of hydrogen-bond acceptors (Lipinski definition) is 13. The van der Waals surface area contributed by atoms with Crippen LogP contribution in [-0.2, 0) is 34.9 Å². The van der Waals surface area contributed by atoms with Gasteiger partial charge in [-0.2, -0.15) is 0 Å². The summed E-state index contributed by atoms with van der Waals surface area (Å²) in [5, 5.41) is 51.6. The smallest absolute Gasteiger partial charge is 0.407 e. The summed E-state index contributed by atoms with van der Waals surface area (Å²) in [7, 11) is 2.95. The fourth-order valence-electron chi connectivity index (χ4n) is 10.2. The third-order valence-electron chi connectivity index (χ3n) is 13.1. The highest BCUT2D eigenvalue weighted by molar-refractivity contribution is 5.83. The molecular weight excluding hydrogens is 837 g/mol. The second kappa shape index (κ2) is 18.1. The lowest BCUT2D eigenvalue weighted by Crippen LogP contribution is -2.52. The first-order valence-electron chi connectivity index (χ1n) is 21.6. The van der Waals surface area contributed by atoms with Gasteiger partial charge >= 0.3 is 6.09 Å². The maximum atomic E-state index is 14.6. The summed E-state index contributed by atoms with van der Waals surface area (Å²) in [5.74, 6) is -2.00. The van der Waals surface area contributed by atoms with Crippen LogP contribution in [0.3, 0.4) is 0 Å². The van der Waals surface area contributed by atoms with Crippen molar-refractivity contribution < 1.29 is 63.2 Å². The number of hydrogen-bond donors (Lipinski definition) is 6. The molecule has 15 heteroatoms. The minimum atomic E-state index is -2.22. The summed E-state index contributed by atoms with van der Waals surface area (Å²) in [6.07, 6.45) is -6.68. The van der Waals surface area contributed by atoms with E-state index in [1.54, 1.807) is 43.3 Å². The van der Waals surface area contributed by atoms with Crippen molar-refractivity contribution >= 4 is 12.0 Å². The molecule has 340 valence electrons. The van der Waals surface area contributed by atoms with Crippen LogP contribution >= 0.6 is 0 Å². The second-order valence-corrected chi connectivity index (χ2v) is 16.7. The van der Waals surface area contributed by atoms with E-state index in [9.17, 15) is 30.0 Å². The van der Waals surface area contributed by atoms with Crippen LogP contribution in [0, 0.1) is 12.8 Å². The molecule has 0 unspecified atom stereocenters. The summed E-state index contributed by atoms with van der Waals surface area (Å²) in [6.45, 7) is 1.27. The maximum Gasteiger partial charge on any atom is 0.407 e. The predicted octanol–water partition coefficient (Wildman–Crippen LogP) is 4.35. The Morgan fingerprint density at radius 1 is 0.846 bits per heavy atom. The van der Waals surface area contributed by atoms with Crippen molar-refractivity contribution in [2.75, 3.05) is 47.1 Å². The maximum absolute atomic E-state index is 14.6. The van der Waals surface area contributed by atoms with Gasteiger partial charge in [-0.3, -0.25) is 4.79 Å². The molecule has 2 amide bonds. The fraction of sp³-hybridized carbons (Fsp3) is 0.360. The summed E-state index contributed by atoms with van der Waals surface area (Å²) in [5.41, 5.74) is 2.17. The van der Waals surface area contributed by atoms with E-state index in [1.165, 1.54) is 14.2 Å². The van der Waals surface area contributed by atoms with Crippen molar-refractivity contribution in [2.24, 2.45) is 5.92 Å². The number of aliphatic hydroxyl groups excluding tert-OH is 3. The Balaban J connectivity index is 0.980. The zero-order valence-electron chi connectivity index (χ0n) is 36.1. The number of methoxy groups -OCH3 is 2. The van der Waals surface area contributed by atoms with Crippen molar-refractivity contribution in [3.63, 3.8) is 0 Å². The molecule has 9 atom stereocenters. The van der Waals surface area contributed by atoms with Crippen molar-refractivity contribution in [3.05, 3.63) is 149 Å². The normalized spacial score (nSPS) is 26.8. The Morgan fingerprint density at radius 3 is 2.17 bits per heavy atom. The van der Waals surface area contributed by atoms with Gasteiger partial charge < -0.3 is 64.2 Å². The van der Waals surface area contributed by atoms with Gasteiger partial charge in [-0.25, -0.2) is 4.79 Å². The molecular formula is C50H52N2O13. The zero-order valence-corrected chi connectivity index (χ0v) is 36.1. The molecule has 0 spiro atoms. The van der Waals surface area contributed by atoms with Gasteiger partial charge in [0.05, 0.1) is 26.2 Å². The molecule has 2 fully saturated rings. The Bertz CT molecular complexity index is 2480. The van der Waals surface area contributed by atoms with Gasteiger partial charge in [-0.05, 0) is 64.1 Å². The number of aryl methyl sites for hydroxylation is 1. The van der Waals surface area contributed by atoms with Crippen LogP contribution < -0.4 is 24.8 Å². The average molecular weight is 889 g/mol. The van der Waals surface area contributed by atoms with Crippen LogP contribution in [0.25, 0.3) is 11.1 Å². The number of ether oxygens (including phenoxy) is 7. The van der Waals surface area contributed by atoms with E-state index in [0.29, 0.717) is 22.4 Å². The zero-order chi connectivity index (χ0) is 45.5. The third-order valence-corrected chi connectivity index (χ3v) is 13.1. The predicted molar refractivity (Wildman–Crippen MR) is 234 cm³/mol. The third kappa shape index (κ3) is 7.56. The van der Waals surface area contributed by atoms with E-state index in [0.717, 1.165) is 22.3 Å². The summed E-state index contributed by atoms with van der Waals surface area (Å²) < 4.78 is 41.6. The first-order chi connectivity index (χ1) is 31.5. The van der Waals surface area contributed by atoms with Crippen LogP contribution in [0.1, 0.15) is 45.2 Å². The number of alkyl carbamates (subject to hydrolysis) is 1. The lowest BCUT2D eigenvalue weighted by atomic mass is 9.70. The molecule has 9 rings (SSSR count). The first-order valence-corrected chi connectivity index (χ1v) is 21.6. The molecule has 2 aliphatic carbocycles. The monoisotopic (exact) mass is 888 g/mol. The van der Waals surface area contributed by atoms with Gasteiger partial charge in [0.15, 0.2) is 11.2 Å². The van der Waals surface area contributed by atoms with E-state index in [1.807, 2.05) is 66.7 Å². The molecule has 0 aromatic heterocycles. The van der Waals surface area contributed by atoms with Crippen LogP contribution in [0.2, 0.25) is 0 Å². The van der Waals surface area contributed by atoms with Gasteiger partial charge in [0.1, 0.15) is 42.2 Å². The number of amides is 2. The lowest BCUT2D eigenvalue weighted by Gasteiger charge is -2.41. The highest BCUT2D eigenvalue weighted by Gasteiger charge is 2.77. The Hall–Kier alpha value is -6.04. The molecule has 6 N–H and O–H groups in total. The number of carbonyl (C=O) groups is 2. The molecule has 2 aliphatic heterocycles. The molecule has 0 radical (unpaired) electrons. The summed E-state index contributed by atoms with van der Waals surface area (Å²) in [4.78, 5) is 27.6. The number of fused-ring (bicyclic) bond motifs is 6. The summed E-state index contributed by atoms with van der Waals surface area (Å²) in [6, 6.07) is 35.4. The highest BCUT2D eigenvalue weighted by atomic mass is 16.8. The van der Waals surface area contributed by atoms with E-state index >= 15 is 0 Å². The van der Waals surface area contributed by atoms with Crippen molar-refractivity contribution in [3.8, 4) is 28.4 Å². The topological polar surface area (TPSA) is 204 Å². The molecule has 1 saturated heterocycles. The number of carbonyl (C=O) groups excluding carboxylic acids is 2. The molecule has 65 heavy (non-hydrogen) atoms. The van der Waals surface area contributed by atoms with Crippen molar-refractivity contribution in [1.29, 1.82) is 0 Å². The molecule has 5 aromatic carbocycles. The van der Waals surface area contributed by atoms with Gasteiger partial charge in [-0.15, -0.1) is 0 Å². The average Bonchev–Trinajstić information content (AvgIpc) is 3.87. The van der Waals surface area contributed by atoms with Crippen LogP contribution in [-0.4, -0.2) is 110 Å². The van der Waals surface area contributed by atoms with Crippen LogP contribution in [0.15, 0.2) is 115 Å². The van der Waals surface area contributed by atoms with E-state index in [4.69, 9.17) is 33.2 Å². The van der Waals surface area contributed by atoms with E-state index < -0.39 is 72.5 Å². The molecule has 5 aromatic rings. The highest BCUT2D eigenvalue weighted by Crippen LogP contribution is 2.69. The van der Waals surface area contributed by atoms with Gasteiger partial charge in [0, 0.05) is 43.7 Å². The lowest BCUT2D eigenvalue weighted by molar-refractivity contribution is -0.324. The van der Waals surface area contributed by atoms with Crippen molar-refractivity contribution in [1.82, 2.24) is 10.6 Å². The molecule has 2 heterocycles. The Kier molecular flexibility index (Phi) is 12.3. The Labute approximate surface area is 375 Å². The minimum Gasteiger partial charge on any atom is -0.497 e. The number of rotatable bonds is 14. The largest absolute Gasteiger partial charge is 0.497 e. The number of benzene rings is 5. The molecule has 1 saturated carbocycles. The quantitative estimate of drug-likeness (QED) is 0.0860. The Morgan fingerprint density at radius 2 is 1.51 bits per heavy atom. The SMILES string of the molecule is COc1ccc([C@@]23Oc4cc(O[C@@H]5O[C@@H]([C@H](O)CO)CO[C@H]5OC)cc(C)c4[C@]2(O)[C@H](O)[C@H](C(=O)NCCNC(=O)OCC2c4ccccc4-c4ccccc42)[C@H]3c2ccccc2)cc1. The minimum absolute atomic E-state index is 0.00942. The first kappa shape index (κ1) is 44.2. The molecule has 4 aliphatic rings. The fourth-order valence-corrected chi connectivity index (χ4v) is 10.2. The van der Waals surface area contributed by atoms with Gasteiger partial charge in [0.2, 0.25) is 12.2 Å². The standard InChI is InChI=1S/C50H52N2O13/c1-28-23-32(63-47-46(60-3)61-27-40(64-47)38(54)25-53)24-39-42(28)49(58)44(55)41(43(29-11-5-4-6-12-29)50(49,65-39)30-17-19-31(59-2)20-18-30)45(56)51-21-22-52-48(57)62-26-37-35-15-9-7-13-33(35)34-14-8-10-16-36(34)37/h4-20,23-24,37-38,40-41,43-44,46-47,53-55,58H,21-22,25-27H2,1-3H3,(H,51,56)(H,52,57)/t38-,40-,41-,43-,44-,46-,47-,49+,50+/m1/s1. The number of nitrogens with one attached hydrogen (secondary N) is 2. The molecule has 0 bridgehead atoms. The summed E-state index contributed by atoms with van der Waals surface area (Å²) >= 11 is 0. The number of aliphatic hydroxyl groups is 4. The van der Waals surface area contributed by atoms with E-state index in [2.05, 4.69) is 22.8 Å². The second-order valence-electron chi connectivity index (χ2n) is 16.7. The van der Waals surface area contributed by atoms with Crippen molar-refractivity contribution in [2.45, 2.75) is 60.9 Å². The van der Waals surface area contributed by atoms with Crippen LogP contribution in [0.4, 0.5) is 4.79 Å².